The second-order valence-corrected chi connectivity index (χ2v) is 7.17. The number of nitrogens with one attached hydrogen (secondary N) is 2. The lowest BCUT2D eigenvalue weighted by Gasteiger charge is -2.06. The summed E-state index contributed by atoms with van der Waals surface area (Å²) in [6.45, 7) is 1.22. The molecule has 10 nitrogen and oxygen atoms in total. The van der Waals surface area contributed by atoms with E-state index in [1.165, 1.54) is 0 Å². The summed E-state index contributed by atoms with van der Waals surface area (Å²) in [5.41, 5.74) is 0.0523. The average molecular weight is 374 g/mol. The molecule has 0 aliphatic rings. The van der Waals surface area contributed by atoms with Gasteiger partial charge in [0.1, 0.15) is 5.82 Å². The van der Waals surface area contributed by atoms with Gasteiger partial charge in [0.25, 0.3) is 0 Å². The molecule has 1 atom stereocenters. The summed E-state index contributed by atoms with van der Waals surface area (Å²) in [5.74, 6) is 0.448. The molecule has 0 bridgehead atoms. The number of nitrogens with zero attached hydrogens (tertiary/aromatic N) is 2. The first-order valence-corrected chi connectivity index (χ1v) is 9.23. The zero-order chi connectivity index (χ0) is 17.7. The molecule has 1 aromatic heterocycles. The molecule has 0 spiro atoms. The van der Waals surface area contributed by atoms with Crippen molar-refractivity contribution in [2.24, 2.45) is 0 Å². The van der Waals surface area contributed by atoms with E-state index in [9.17, 15) is 17.4 Å². The fourth-order valence-electron chi connectivity index (χ4n) is 1.70. The van der Waals surface area contributed by atoms with E-state index in [4.69, 9.17) is 4.55 Å². The van der Waals surface area contributed by atoms with Gasteiger partial charge in [-0.2, -0.15) is 18.4 Å². The smallest absolute Gasteiger partial charge is 0.324 e. The van der Waals surface area contributed by atoms with Gasteiger partial charge in [0.2, 0.25) is 5.95 Å². The number of hydrogen-bond acceptors (Lipinski definition) is 8. The molecule has 2 rings (SSSR count). The van der Waals surface area contributed by atoms with Crippen LogP contribution >= 0.6 is 0 Å². The number of benzene rings is 1. The minimum Gasteiger partial charge on any atom is -0.324 e. The Bertz CT molecular complexity index is 895. The van der Waals surface area contributed by atoms with Crippen LogP contribution in [0.4, 0.5) is 11.6 Å². The lowest BCUT2D eigenvalue weighted by Crippen LogP contribution is -2.15. The topological polar surface area (TPSA) is 151 Å². The number of anilines is 2. The minimum atomic E-state index is -4.54. The normalized spacial score (nSPS) is 12.8. The third-order valence-corrected chi connectivity index (χ3v) is 4.44. The number of aromatic nitrogens is 3. The van der Waals surface area contributed by atoms with E-state index in [2.05, 4.69) is 24.5 Å². The summed E-state index contributed by atoms with van der Waals surface area (Å²) in [4.78, 5) is 21.8. The highest BCUT2D eigenvalue weighted by Crippen LogP contribution is 2.15. The Morgan fingerprint density at radius 2 is 1.96 bits per heavy atom. The lowest BCUT2D eigenvalue weighted by molar-refractivity contribution is 0.284. The zero-order valence-corrected chi connectivity index (χ0v) is 14.1. The minimum absolute atomic E-state index is 0.0943. The van der Waals surface area contributed by atoms with Gasteiger partial charge in [0.05, 0.1) is 23.2 Å². The average Bonchev–Trinajstić information content (AvgIpc) is 2.45. The van der Waals surface area contributed by atoms with E-state index in [1.807, 2.05) is 0 Å². The second kappa shape index (κ2) is 7.61. The van der Waals surface area contributed by atoms with Gasteiger partial charge in [-0.25, -0.2) is 8.98 Å². The molecule has 130 valence electrons. The molecule has 0 saturated carbocycles. The van der Waals surface area contributed by atoms with Crippen molar-refractivity contribution >= 4 is 32.8 Å². The van der Waals surface area contributed by atoms with Gasteiger partial charge in [-0.3, -0.25) is 13.7 Å². The quantitative estimate of drug-likeness (QED) is 0.575. The van der Waals surface area contributed by atoms with Crippen LogP contribution in [-0.4, -0.2) is 44.5 Å². The van der Waals surface area contributed by atoms with Gasteiger partial charge in [-0.1, -0.05) is 0 Å². The molecule has 12 heteroatoms. The Hall–Kier alpha value is -2.15. The molecule has 24 heavy (non-hydrogen) atoms. The molecular formula is C12H14N4O6S2. The van der Waals surface area contributed by atoms with Crippen LogP contribution in [0.3, 0.4) is 0 Å². The summed E-state index contributed by atoms with van der Waals surface area (Å²) in [6.07, 6.45) is 0. The van der Waals surface area contributed by atoms with Gasteiger partial charge < -0.3 is 5.32 Å². The highest BCUT2D eigenvalue weighted by atomic mass is 32.3. The van der Waals surface area contributed by atoms with Crippen LogP contribution in [0.15, 0.2) is 34.0 Å². The number of rotatable bonds is 7. The van der Waals surface area contributed by atoms with Gasteiger partial charge >= 0.3 is 16.1 Å². The highest BCUT2D eigenvalue weighted by molar-refractivity contribution is 7.85. The maximum atomic E-state index is 12.0. The Morgan fingerprint density at radius 3 is 2.54 bits per heavy atom. The van der Waals surface area contributed by atoms with Crippen LogP contribution < -0.4 is 11.0 Å². The lowest BCUT2D eigenvalue weighted by atomic mass is 10.3. The number of hydrogen-bond donors (Lipinski definition) is 3. The standard InChI is InChI=1S/C12H14N4O6S2/c1-8-13-11(16-12(17)14-8)15-9-2-4-10(5-3-9)23(18)7-6-22-24(19,20)21/h2-5H,6-7H2,1H3,(H,19,20,21)(H2,13,14,15,16,17). The third-order valence-electron chi connectivity index (χ3n) is 2.64. The molecule has 0 amide bonds. The van der Waals surface area contributed by atoms with E-state index in [0.717, 1.165) is 0 Å². The van der Waals surface area contributed by atoms with Crippen LogP contribution in [-0.2, 0) is 25.4 Å². The van der Waals surface area contributed by atoms with Crippen LogP contribution in [0.25, 0.3) is 0 Å². The Balaban J connectivity index is 1.99. The van der Waals surface area contributed by atoms with Gasteiger partial charge in [-0.05, 0) is 31.2 Å². The SMILES string of the molecule is Cc1nc(Nc2ccc(S(=O)CCOS(=O)(=O)O)cc2)nc(=O)[nH]1. The van der Waals surface area contributed by atoms with Crippen LogP contribution in [0.5, 0.6) is 0 Å². The highest BCUT2D eigenvalue weighted by Gasteiger charge is 2.09. The number of H-pyrrole nitrogens is 1. The molecule has 1 aromatic carbocycles. The Morgan fingerprint density at radius 1 is 1.29 bits per heavy atom. The molecule has 0 radical (unpaired) electrons. The van der Waals surface area contributed by atoms with Crippen molar-refractivity contribution in [2.45, 2.75) is 11.8 Å². The number of aryl methyl sites for hydroxylation is 1. The van der Waals surface area contributed by atoms with Crippen LogP contribution in [0.1, 0.15) is 5.82 Å². The maximum Gasteiger partial charge on any atom is 0.397 e. The second-order valence-electron chi connectivity index (χ2n) is 4.51. The molecule has 1 heterocycles. The molecule has 0 fully saturated rings. The van der Waals surface area contributed by atoms with Crippen molar-refractivity contribution in [1.29, 1.82) is 0 Å². The van der Waals surface area contributed by atoms with E-state index in [0.29, 0.717) is 16.4 Å². The van der Waals surface area contributed by atoms with Crippen molar-refractivity contribution in [3.63, 3.8) is 0 Å². The summed E-state index contributed by atoms with van der Waals surface area (Å²) in [6, 6.07) is 6.34. The van der Waals surface area contributed by atoms with Crippen molar-refractivity contribution in [3.8, 4) is 0 Å². The first kappa shape index (κ1) is 18.2. The van der Waals surface area contributed by atoms with Crippen molar-refractivity contribution in [2.75, 3.05) is 17.7 Å². The summed E-state index contributed by atoms with van der Waals surface area (Å²) >= 11 is 0. The van der Waals surface area contributed by atoms with E-state index < -0.39 is 33.5 Å². The number of aromatic amines is 1. The van der Waals surface area contributed by atoms with Gasteiger partial charge in [0, 0.05) is 10.6 Å². The van der Waals surface area contributed by atoms with Crippen LogP contribution in [0.2, 0.25) is 0 Å². The maximum absolute atomic E-state index is 12.0. The molecule has 0 aliphatic carbocycles. The largest absolute Gasteiger partial charge is 0.397 e. The monoisotopic (exact) mass is 374 g/mol. The molecule has 0 aliphatic heterocycles. The molecule has 2 aromatic rings. The predicted molar refractivity (Wildman–Crippen MR) is 85.9 cm³/mol. The van der Waals surface area contributed by atoms with Crippen LogP contribution in [0, 0.1) is 6.92 Å². The fourth-order valence-corrected chi connectivity index (χ4v) is 3.01. The predicted octanol–water partition coefficient (Wildman–Crippen LogP) is 0.144. The Kier molecular flexibility index (Phi) is 5.77. The van der Waals surface area contributed by atoms with Crippen molar-refractivity contribution < 1.29 is 21.4 Å². The third kappa shape index (κ3) is 5.81. The summed E-state index contributed by atoms with van der Waals surface area (Å²) < 4.78 is 45.3. The van der Waals surface area contributed by atoms with E-state index in [1.54, 1.807) is 31.2 Å². The Labute approximate surface area is 139 Å². The van der Waals surface area contributed by atoms with E-state index >= 15 is 0 Å². The summed E-state index contributed by atoms with van der Waals surface area (Å²) in [5, 5.41) is 2.84. The first-order valence-electron chi connectivity index (χ1n) is 6.55. The van der Waals surface area contributed by atoms with Gasteiger partial charge in [0.15, 0.2) is 0 Å². The summed E-state index contributed by atoms with van der Waals surface area (Å²) in [7, 11) is -6.03. The fraction of sp³-hybridized carbons (Fsp3) is 0.250. The zero-order valence-electron chi connectivity index (χ0n) is 12.4. The van der Waals surface area contributed by atoms with Crippen molar-refractivity contribution in [1.82, 2.24) is 15.0 Å². The molecule has 3 N–H and O–H groups in total. The molecule has 0 saturated heterocycles. The van der Waals surface area contributed by atoms with E-state index in [-0.39, 0.29) is 11.7 Å². The van der Waals surface area contributed by atoms with Crippen molar-refractivity contribution in [3.05, 3.63) is 40.6 Å². The molecular weight excluding hydrogens is 360 g/mol. The van der Waals surface area contributed by atoms with Gasteiger partial charge in [-0.15, -0.1) is 0 Å². The first-order chi connectivity index (χ1) is 11.2. The molecule has 1 unspecified atom stereocenters.